The Bertz CT molecular complexity index is 801. The standard InChI is InChI=1S/C16H15Cl2NO4S/c1-2-22-15-10(5-6-12(18)16(15)24(21)8-17)13(20)11-7-19-23-14(11)9-3-4-9/h5-7,9H,2-4,8H2,1H3. The second kappa shape index (κ2) is 7.25. The Hall–Kier alpha value is -1.37. The van der Waals surface area contributed by atoms with Crippen LogP contribution in [0.1, 0.15) is 47.4 Å². The molecule has 1 fully saturated rings. The number of rotatable bonds is 7. The van der Waals surface area contributed by atoms with Gasteiger partial charge >= 0.3 is 0 Å². The number of hydrogen-bond acceptors (Lipinski definition) is 5. The maximum atomic E-state index is 13.0. The smallest absolute Gasteiger partial charge is 0.202 e. The minimum absolute atomic E-state index is 0.141. The number of halogens is 2. The van der Waals surface area contributed by atoms with Gasteiger partial charge in [0.2, 0.25) is 5.78 Å². The SMILES string of the molecule is CCOc1c(C(=O)c2cnoc2C2CC2)ccc(Cl)c1S(=O)CCl. The van der Waals surface area contributed by atoms with Gasteiger partial charge in [0, 0.05) is 5.92 Å². The number of hydrogen-bond donors (Lipinski definition) is 0. The maximum Gasteiger partial charge on any atom is 0.202 e. The molecule has 0 amide bonds. The number of ether oxygens (including phenoxy) is 1. The second-order valence-corrected chi connectivity index (χ2v) is 7.73. The van der Waals surface area contributed by atoms with Gasteiger partial charge in [0.1, 0.15) is 15.9 Å². The van der Waals surface area contributed by atoms with Crippen LogP contribution in [0.15, 0.2) is 27.7 Å². The zero-order chi connectivity index (χ0) is 17.3. The van der Waals surface area contributed by atoms with Crippen LogP contribution >= 0.6 is 23.2 Å². The molecule has 3 rings (SSSR count). The summed E-state index contributed by atoms with van der Waals surface area (Å²) in [5.74, 6) is 0.756. The molecule has 24 heavy (non-hydrogen) atoms. The molecule has 1 unspecified atom stereocenters. The lowest BCUT2D eigenvalue weighted by Crippen LogP contribution is -2.10. The second-order valence-electron chi connectivity index (χ2n) is 5.35. The largest absolute Gasteiger partial charge is 0.492 e. The molecule has 0 N–H and O–H groups in total. The Morgan fingerprint density at radius 1 is 1.42 bits per heavy atom. The third-order valence-electron chi connectivity index (χ3n) is 3.72. The summed E-state index contributed by atoms with van der Waals surface area (Å²) in [5, 5.41) is 3.86. The predicted octanol–water partition coefficient (Wildman–Crippen LogP) is 4.14. The molecule has 2 aromatic rings. The normalized spacial score (nSPS) is 15.3. The van der Waals surface area contributed by atoms with Crippen molar-refractivity contribution in [1.82, 2.24) is 5.16 Å². The van der Waals surface area contributed by atoms with Gasteiger partial charge in [-0.1, -0.05) is 16.8 Å². The molecule has 1 aromatic heterocycles. The molecule has 8 heteroatoms. The van der Waals surface area contributed by atoms with Crippen LogP contribution in [0.2, 0.25) is 5.02 Å². The van der Waals surface area contributed by atoms with E-state index in [-0.39, 0.29) is 38.1 Å². The van der Waals surface area contributed by atoms with Crippen molar-refractivity contribution in [1.29, 1.82) is 0 Å². The van der Waals surface area contributed by atoms with Crippen molar-refractivity contribution >= 4 is 39.8 Å². The summed E-state index contributed by atoms with van der Waals surface area (Å²) in [4.78, 5) is 13.2. The van der Waals surface area contributed by atoms with E-state index in [1.165, 1.54) is 12.3 Å². The van der Waals surface area contributed by atoms with Crippen LogP contribution in [0, 0.1) is 0 Å². The predicted molar refractivity (Wildman–Crippen MR) is 91.7 cm³/mol. The van der Waals surface area contributed by atoms with E-state index >= 15 is 0 Å². The molecule has 0 spiro atoms. The monoisotopic (exact) mass is 387 g/mol. The zero-order valence-corrected chi connectivity index (χ0v) is 15.2. The number of ketones is 1. The topological polar surface area (TPSA) is 69.4 Å². The van der Waals surface area contributed by atoms with E-state index in [1.54, 1.807) is 13.0 Å². The summed E-state index contributed by atoms with van der Waals surface area (Å²) in [5.41, 5.74) is 0.684. The molecule has 0 saturated heterocycles. The lowest BCUT2D eigenvalue weighted by molar-refractivity contribution is 0.103. The Balaban J connectivity index is 2.11. The summed E-state index contributed by atoms with van der Waals surface area (Å²) >= 11 is 11.9. The Kier molecular flexibility index (Phi) is 5.27. The van der Waals surface area contributed by atoms with Gasteiger partial charge in [-0.25, -0.2) is 0 Å². The van der Waals surface area contributed by atoms with Crippen LogP contribution in [0.25, 0.3) is 0 Å². The number of nitrogens with zero attached hydrogens (tertiary/aromatic N) is 1. The van der Waals surface area contributed by atoms with Gasteiger partial charge in [-0.2, -0.15) is 0 Å². The summed E-state index contributed by atoms with van der Waals surface area (Å²) in [6, 6.07) is 3.09. The van der Waals surface area contributed by atoms with E-state index in [0.717, 1.165) is 12.8 Å². The van der Waals surface area contributed by atoms with Crippen LogP contribution < -0.4 is 4.74 Å². The molecule has 0 aliphatic heterocycles. The van der Waals surface area contributed by atoms with Gasteiger partial charge in [-0.3, -0.25) is 9.00 Å². The van der Waals surface area contributed by atoms with E-state index in [0.29, 0.717) is 17.9 Å². The Morgan fingerprint density at radius 3 is 2.79 bits per heavy atom. The van der Waals surface area contributed by atoms with E-state index in [4.69, 9.17) is 32.5 Å². The van der Waals surface area contributed by atoms with Gasteiger partial charge in [-0.05, 0) is 31.9 Å². The molecule has 1 aromatic carbocycles. The van der Waals surface area contributed by atoms with Gasteiger partial charge in [0.05, 0.1) is 39.8 Å². The molecule has 1 atom stereocenters. The molecule has 1 saturated carbocycles. The molecule has 128 valence electrons. The first kappa shape index (κ1) is 17.5. The first-order chi connectivity index (χ1) is 11.6. The Morgan fingerprint density at radius 2 is 2.17 bits per heavy atom. The minimum Gasteiger partial charge on any atom is -0.492 e. The van der Waals surface area contributed by atoms with Gasteiger partial charge in [0.25, 0.3) is 0 Å². The summed E-state index contributed by atoms with van der Waals surface area (Å²) in [6.45, 7) is 2.07. The molecular weight excluding hydrogens is 373 g/mol. The third kappa shape index (κ3) is 3.23. The molecule has 1 heterocycles. The fourth-order valence-corrected chi connectivity index (χ4v) is 3.98. The van der Waals surface area contributed by atoms with Crippen molar-refractivity contribution in [2.24, 2.45) is 0 Å². The maximum absolute atomic E-state index is 13.0. The highest BCUT2D eigenvalue weighted by atomic mass is 35.5. The van der Waals surface area contributed by atoms with Gasteiger partial charge < -0.3 is 9.26 Å². The number of aromatic nitrogens is 1. The average Bonchev–Trinajstić information content (AvgIpc) is 3.31. The first-order valence-corrected chi connectivity index (χ1v) is 9.70. The van der Waals surface area contributed by atoms with Crippen LogP contribution in [0.4, 0.5) is 0 Å². The number of carbonyl (C=O) groups excluding carboxylic acids is 1. The lowest BCUT2D eigenvalue weighted by Gasteiger charge is -2.14. The lowest BCUT2D eigenvalue weighted by atomic mass is 10.0. The van der Waals surface area contributed by atoms with Crippen LogP contribution in [-0.2, 0) is 10.8 Å². The van der Waals surface area contributed by atoms with Gasteiger partial charge in [0.15, 0.2) is 5.76 Å². The highest BCUT2D eigenvalue weighted by molar-refractivity contribution is 7.86. The summed E-state index contributed by atoms with van der Waals surface area (Å²) < 4.78 is 23.1. The zero-order valence-electron chi connectivity index (χ0n) is 12.9. The van der Waals surface area contributed by atoms with Crippen molar-refractivity contribution in [3.8, 4) is 5.75 Å². The number of alkyl halides is 1. The van der Waals surface area contributed by atoms with E-state index < -0.39 is 10.8 Å². The van der Waals surface area contributed by atoms with Crippen molar-refractivity contribution in [2.45, 2.75) is 30.6 Å². The average molecular weight is 388 g/mol. The van der Waals surface area contributed by atoms with E-state index in [2.05, 4.69) is 5.16 Å². The van der Waals surface area contributed by atoms with Crippen molar-refractivity contribution in [2.75, 3.05) is 11.8 Å². The summed E-state index contributed by atoms with van der Waals surface area (Å²) in [6.07, 6.45) is 3.38. The molecule has 0 bridgehead atoms. The van der Waals surface area contributed by atoms with Crippen LogP contribution in [-0.4, -0.2) is 27.0 Å². The van der Waals surface area contributed by atoms with Crippen molar-refractivity contribution < 1.29 is 18.3 Å². The van der Waals surface area contributed by atoms with E-state index in [9.17, 15) is 9.00 Å². The van der Waals surface area contributed by atoms with Gasteiger partial charge in [-0.15, -0.1) is 11.6 Å². The third-order valence-corrected chi connectivity index (χ3v) is 5.80. The molecule has 5 nitrogen and oxygen atoms in total. The molecule has 0 radical (unpaired) electrons. The number of benzene rings is 1. The fraction of sp³-hybridized carbons (Fsp3) is 0.375. The molecular formula is C16H15Cl2NO4S. The number of carbonyl (C=O) groups is 1. The van der Waals surface area contributed by atoms with Crippen LogP contribution in [0.5, 0.6) is 5.75 Å². The molecule has 1 aliphatic rings. The fourth-order valence-electron chi connectivity index (χ4n) is 2.48. The first-order valence-electron chi connectivity index (χ1n) is 7.47. The van der Waals surface area contributed by atoms with Crippen molar-refractivity contribution in [3.05, 3.63) is 40.2 Å². The summed E-state index contributed by atoms with van der Waals surface area (Å²) in [7, 11) is -1.57. The minimum atomic E-state index is -1.57. The van der Waals surface area contributed by atoms with Crippen LogP contribution in [0.3, 0.4) is 0 Å². The molecule has 1 aliphatic carbocycles. The quantitative estimate of drug-likeness (QED) is 0.527. The van der Waals surface area contributed by atoms with E-state index in [1.807, 2.05) is 0 Å². The van der Waals surface area contributed by atoms with Crippen molar-refractivity contribution in [3.63, 3.8) is 0 Å². The highest BCUT2D eigenvalue weighted by Gasteiger charge is 2.34. The Labute approximate surface area is 151 Å². The highest BCUT2D eigenvalue weighted by Crippen LogP contribution is 2.43.